The van der Waals surface area contributed by atoms with Gasteiger partial charge in [0.1, 0.15) is 24.2 Å². The molecule has 0 bridgehead atoms. The fourth-order valence-electron chi connectivity index (χ4n) is 5.20. The van der Waals surface area contributed by atoms with Crippen molar-refractivity contribution in [1.82, 2.24) is 9.88 Å². The molecule has 1 aromatic heterocycles. The van der Waals surface area contributed by atoms with Crippen molar-refractivity contribution >= 4 is 12.0 Å². The van der Waals surface area contributed by atoms with E-state index in [0.29, 0.717) is 36.7 Å². The third kappa shape index (κ3) is 6.96. The number of benzene rings is 3. The highest BCUT2D eigenvalue weighted by Gasteiger charge is 2.43. The smallest absolute Gasteiger partial charge is 0.417 e. The third-order valence-electron chi connectivity index (χ3n) is 7.44. The number of hydrogen-bond donors (Lipinski definition) is 1. The quantitative estimate of drug-likeness (QED) is 0.229. The molecule has 1 fully saturated rings. The summed E-state index contributed by atoms with van der Waals surface area (Å²) >= 11 is 0. The minimum absolute atomic E-state index is 0.0843. The van der Waals surface area contributed by atoms with Crippen LogP contribution in [-0.4, -0.2) is 59.0 Å². The van der Waals surface area contributed by atoms with E-state index in [1.165, 1.54) is 0 Å². The Morgan fingerprint density at radius 2 is 1.79 bits per heavy atom. The molecule has 0 unspecified atom stereocenters. The SMILES string of the molecule is CCO[C@H](C(=O)N1C(=O)OC[C@@H]1Cc1ccccc1)[C@H](O)c1ccc(OCCc2nc(-c3ccccc3)oc2C)c(C)c1. The van der Waals surface area contributed by atoms with Crippen molar-refractivity contribution in [1.29, 1.82) is 0 Å². The Morgan fingerprint density at radius 1 is 1.07 bits per heavy atom. The second-order valence-corrected chi connectivity index (χ2v) is 10.5. The molecule has 1 saturated heterocycles. The maximum atomic E-state index is 13.6. The molecule has 9 nitrogen and oxygen atoms in total. The zero-order valence-electron chi connectivity index (χ0n) is 24.6. The minimum Gasteiger partial charge on any atom is -0.493 e. The Hall–Kier alpha value is -4.47. The van der Waals surface area contributed by atoms with Crippen LogP contribution in [0.25, 0.3) is 11.5 Å². The standard InChI is InChI=1S/C34H36N2O7/c1-4-40-31(33(38)36-27(21-42-34(36)39)20-24-11-7-5-8-12-24)30(37)26-15-16-29(22(2)19-26)41-18-17-28-23(3)43-32(35-28)25-13-9-6-10-14-25/h5-16,19,27,30-31,37H,4,17-18,20-21H2,1-3H3/t27-,30+,31-/m0/s1. The van der Waals surface area contributed by atoms with E-state index in [-0.39, 0.29) is 13.2 Å². The summed E-state index contributed by atoms with van der Waals surface area (Å²) in [7, 11) is 0. The van der Waals surface area contributed by atoms with Gasteiger partial charge in [0.25, 0.3) is 5.91 Å². The van der Waals surface area contributed by atoms with E-state index < -0.39 is 30.3 Å². The number of ether oxygens (including phenoxy) is 3. The number of cyclic esters (lactones) is 1. The van der Waals surface area contributed by atoms with Crippen LogP contribution in [0.3, 0.4) is 0 Å². The first kappa shape index (κ1) is 30.0. The molecule has 4 aromatic rings. The summed E-state index contributed by atoms with van der Waals surface area (Å²) in [5, 5.41) is 11.3. The lowest BCUT2D eigenvalue weighted by Crippen LogP contribution is -2.48. The fourth-order valence-corrected chi connectivity index (χ4v) is 5.20. The van der Waals surface area contributed by atoms with Crippen LogP contribution >= 0.6 is 0 Å². The molecule has 1 aliphatic rings. The number of aryl methyl sites for hydroxylation is 2. The number of carbonyl (C=O) groups is 2. The van der Waals surface area contributed by atoms with Crippen molar-refractivity contribution < 1.29 is 33.3 Å². The third-order valence-corrected chi connectivity index (χ3v) is 7.44. The average molecular weight is 585 g/mol. The van der Waals surface area contributed by atoms with Gasteiger partial charge in [-0.3, -0.25) is 4.79 Å². The first-order valence-corrected chi connectivity index (χ1v) is 14.4. The molecule has 43 heavy (non-hydrogen) atoms. The summed E-state index contributed by atoms with van der Waals surface area (Å²) in [6.45, 7) is 6.13. The van der Waals surface area contributed by atoms with Crippen LogP contribution in [0.15, 0.2) is 83.3 Å². The van der Waals surface area contributed by atoms with Crippen molar-refractivity contribution in [2.75, 3.05) is 19.8 Å². The van der Waals surface area contributed by atoms with Crippen LogP contribution in [-0.2, 0) is 27.1 Å². The number of hydrogen-bond acceptors (Lipinski definition) is 8. The largest absolute Gasteiger partial charge is 0.493 e. The maximum absolute atomic E-state index is 13.6. The van der Waals surface area contributed by atoms with Crippen molar-refractivity contribution in [3.8, 4) is 17.2 Å². The van der Waals surface area contributed by atoms with Gasteiger partial charge in [-0.05, 0) is 68.1 Å². The van der Waals surface area contributed by atoms with Gasteiger partial charge in [0.2, 0.25) is 5.89 Å². The number of carbonyl (C=O) groups excluding carboxylic acids is 2. The highest BCUT2D eigenvalue weighted by Crippen LogP contribution is 2.29. The van der Waals surface area contributed by atoms with Crippen molar-refractivity contribution in [3.05, 3.63) is 107 Å². The molecule has 5 rings (SSSR count). The first-order valence-electron chi connectivity index (χ1n) is 14.4. The highest BCUT2D eigenvalue weighted by molar-refractivity contribution is 5.96. The summed E-state index contributed by atoms with van der Waals surface area (Å²) in [4.78, 5) is 31.9. The van der Waals surface area contributed by atoms with E-state index in [1.807, 2.05) is 74.5 Å². The summed E-state index contributed by atoms with van der Waals surface area (Å²) in [5.41, 5.74) is 3.97. The van der Waals surface area contributed by atoms with Crippen LogP contribution < -0.4 is 4.74 Å². The Bertz CT molecular complexity index is 1540. The van der Waals surface area contributed by atoms with E-state index in [0.717, 1.165) is 33.0 Å². The molecular weight excluding hydrogens is 548 g/mol. The highest BCUT2D eigenvalue weighted by atomic mass is 16.6. The van der Waals surface area contributed by atoms with Gasteiger partial charge in [0, 0.05) is 18.6 Å². The number of aromatic nitrogens is 1. The van der Waals surface area contributed by atoms with Crippen LogP contribution in [0.4, 0.5) is 4.79 Å². The van der Waals surface area contributed by atoms with E-state index in [2.05, 4.69) is 4.98 Å². The topological polar surface area (TPSA) is 111 Å². The number of nitrogens with zero attached hydrogens (tertiary/aromatic N) is 2. The Labute approximate surface area is 251 Å². The van der Waals surface area contributed by atoms with Crippen molar-refractivity contribution in [2.45, 2.75) is 51.9 Å². The molecule has 224 valence electrons. The van der Waals surface area contributed by atoms with E-state index in [9.17, 15) is 14.7 Å². The lowest BCUT2D eigenvalue weighted by molar-refractivity contribution is -0.149. The fraction of sp³-hybridized carbons (Fsp3) is 0.324. The summed E-state index contributed by atoms with van der Waals surface area (Å²) in [6, 6.07) is 24.0. The van der Waals surface area contributed by atoms with Crippen LogP contribution in [0.2, 0.25) is 0 Å². The first-order chi connectivity index (χ1) is 20.9. The van der Waals surface area contributed by atoms with E-state index in [1.54, 1.807) is 25.1 Å². The number of aliphatic hydroxyl groups excluding tert-OH is 1. The molecule has 0 radical (unpaired) electrons. The molecule has 2 amide bonds. The molecular formula is C34H36N2O7. The van der Waals surface area contributed by atoms with E-state index in [4.69, 9.17) is 18.6 Å². The summed E-state index contributed by atoms with van der Waals surface area (Å²) in [6.07, 6.45) is -2.32. The Morgan fingerprint density at radius 3 is 2.49 bits per heavy atom. The summed E-state index contributed by atoms with van der Waals surface area (Å²) < 4.78 is 22.8. The molecule has 3 atom stereocenters. The zero-order valence-corrected chi connectivity index (χ0v) is 24.6. The zero-order chi connectivity index (χ0) is 30.3. The molecule has 3 aromatic carbocycles. The predicted octanol–water partition coefficient (Wildman–Crippen LogP) is 5.61. The van der Waals surface area contributed by atoms with E-state index >= 15 is 0 Å². The summed E-state index contributed by atoms with van der Waals surface area (Å²) in [5.74, 6) is 1.34. The number of imide groups is 1. The lowest BCUT2D eigenvalue weighted by Gasteiger charge is -2.28. The molecule has 9 heteroatoms. The van der Waals surface area contributed by atoms with Gasteiger partial charge >= 0.3 is 6.09 Å². The average Bonchev–Trinajstić information content (AvgIpc) is 3.58. The predicted molar refractivity (Wildman–Crippen MR) is 160 cm³/mol. The number of oxazole rings is 1. The van der Waals surface area contributed by atoms with Gasteiger partial charge < -0.3 is 23.7 Å². The van der Waals surface area contributed by atoms with Gasteiger partial charge in [0.15, 0.2) is 6.10 Å². The second kappa shape index (κ2) is 13.7. The molecule has 2 heterocycles. The molecule has 1 N–H and O–H groups in total. The van der Waals surface area contributed by atoms with Gasteiger partial charge in [-0.2, -0.15) is 0 Å². The van der Waals surface area contributed by atoms with Crippen molar-refractivity contribution in [3.63, 3.8) is 0 Å². The van der Waals surface area contributed by atoms with Gasteiger partial charge in [-0.15, -0.1) is 0 Å². The van der Waals surface area contributed by atoms with Crippen LogP contribution in [0, 0.1) is 13.8 Å². The number of rotatable bonds is 12. The molecule has 0 saturated carbocycles. The normalized spacial score (nSPS) is 16.1. The second-order valence-electron chi connectivity index (χ2n) is 10.5. The molecule has 1 aliphatic heterocycles. The number of aliphatic hydroxyl groups is 1. The monoisotopic (exact) mass is 584 g/mol. The molecule has 0 spiro atoms. The van der Waals surface area contributed by atoms with Gasteiger partial charge in [-0.1, -0.05) is 54.6 Å². The van der Waals surface area contributed by atoms with Gasteiger partial charge in [-0.25, -0.2) is 14.7 Å². The van der Waals surface area contributed by atoms with Crippen LogP contribution in [0.1, 0.15) is 41.2 Å². The Kier molecular flexibility index (Phi) is 9.54. The maximum Gasteiger partial charge on any atom is 0.417 e. The van der Waals surface area contributed by atoms with Crippen LogP contribution in [0.5, 0.6) is 5.75 Å². The minimum atomic E-state index is -1.31. The number of amides is 2. The lowest BCUT2D eigenvalue weighted by atomic mass is 9.99. The molecule has 0 aliphatic carbocycles. The van der Waals surface area contributed by atoms with Crippen molar-refractivity contribution in [2.24, 2.45) is 0 Å². The Balaban J connectivity index is 1.24. The van der Waals surface area contributed by atoms with Gasteiger partial charge in [0.05, 0.1) is 18.3 Å².